The maximum absolute atomic E-state index is 13.1. The summed E-state index contributed by atoms with van der Waals surface area (Å²) in [5.41, 5.74) is 6.06. The average molecular weight is 273 g/mol. The van der Waals surface area contributed by atoms with Gasteiger partial charge < -0.3 is 10.5 Å². The number of allylic oxidation sites excluding steroid dienone is 3. The molecule has 92 valence electrons. The summed E-state index contributed by atoms with van der Waals surface area (Å²) in [6, 6.07) is 2.85. The Kier molecular flexibility index (Phi) is 5.38. The number of rotatable bonds is 4. The van der Waals surface area contributed by atoms with Crippen LogP contribution in [0.3, 0.4) is 0 Å². The van der Waals surface area contributed by atoms with Crippen molar-refractivity contribution < 1.29 is 4.39 Å². The molecule has 0 fully saturated rings. The van der Waals surface area contributed by atoms with Crippen LogP contribution in [-0.2, 0) is 0 Å². The van der Waals surface area contributed by atoms with Crippen molar-refractivity contribution in [2.45, 2.75) is 13.8 Å². The zero-order valence-corrected chi connectivity index (χ0v) is 11.2. The van der Waals surface area contributed by atoms with Gasteiger partial charge in [-0.15, -0.1) is 0 Å². The predicted octanol–water partition coefficient (Wildman–Crippen LogP) is 4.60. The quantitative estimate of drug-likeness (QED) is 0.478. The molecule has 0 aliphatic carbocycles. The van der Waals surface area contributed by atoms with Crippen molar-refractivity contribution in [2.75, 3.05) is 10.5 Å². The number of halogens is 2. The van der Waals surface area contributed by atoms with Gasteiger partial charge in [0, 0.05) is 4.91 Å². The van der Waals surface area contributed by atoms with E-state index in [1.165, 1.54) is 18.0 Å². The van der Waals surface area contributed by atoms with Crippen LogP contribution in [0.15, 0.2) is 35.3 Å². The molecule has 1 aromatic carbocycles. The first-order chi connectivity index (χ1) is 8.10. The summed E-state index contributed by atoms with van der Waals surface area (Å²) in [4.78, 5) is 1.03. The van der Waals surface area contributed by atoms with Gasteiger partial charge in [-0.1, -0.05) is 29.8 Å². The first kappa shape index (κ1) is 13.9. The lowest BCUT2D eigenvalue weighted by atomic mass is 10.3. The van der Waals surface area contributed by atoms with E-state index in [1.807, 2.05) is 32.1 Å². The number of hydrogen-bond acceptors (Lipinski definition) is 3. The van der Waals surface area contributed by atoms with Crippen LogP contribution in [-0.4, -0.2) is 0 Å². The highest BCUT2D eigenvalue weighted by molar-refractivity contribution is 8.04. The Morgan fingerprint density at radius 2 is 2.18 bits per heavy atom. The molecule has 0 radical (unpaired) electrons. The smallest absolute Gasteiger partial charge is 0.147 e. The summed E-state index contributed by atoms with van der Waals surface area (Å²) < 4.78 is 16.1. The molecule has 0 unspecified atom stereocenters. The number of nitrogens with two attached hydrogens (primary N) is 1. The second kappa shape index (κ2) is 6.57. The van der Waals surface area contributed by atoms with Gasteiger partial charge in [-0.05, 0) is 37.9 Å². The fourth-order valence-corrected chi connectivity index (χ4v) is 2.09. The van der Waals surface area contributed by atoms with Crippen molar-refractivity contribution in [3.8, 4) is 0 Å². The monoisotopic (exact) mass is 272 g/mol. The molecule has 5 heteroatoms. The normalized spacial score (nSPS) is 12.1. The second-order valence-corrected chi connectivity index (χ2v) is 4.48. The lowest BCUT2D eigenvalue weighted by molar-refractivity contribution is 0.633. The molecule has 0 aliphatic heterocycles. The van der Waals surface area contributed by atoms with Gasteiger partial charge in [0.05, 0.1) is 16.4 Å². The van der Waals surface area contributed by atoms with E-state index in [4.69, 9.17) is 17.3 Å². The number of anilines is 2. The highest BCUT2D eigenvalue weighted by Gasteiger charge is 2.08. The van der Waals surface area contributed by atoms with E-state index in [2.05, 4.69) is 4.72 Å². The molecule has 0 bridgehead atoms. The van der Waals surface area contributed by atoms with Crippen molar-refractivity contribution >= 4 is 34.9 Å². The predicted molar refractivity (Wildman–Crippen MR) is 75.6 cm³/mol. The minimum Gasteiger partial charge on any atom is -0.395 e. The first-order valence-electron chi connectivity index (χ1n) is 5.05. The molecule has 1 rings (SSSR count). The highest BCUT2D eigenvalue weighted by Crippen LogP contribution is 2.33. The van der Waals surface area contributed by atoms with Crippen LogP contribution < -0.4 is 10.5 Å². The van der Waals surface area contributed by atoms with Crippen LogP contribution in [0.25, 0.3) is 0 Å². The fourth-order valence-electron chi connectivity index (χ4n) is 1.12. The molecule has 0 saturated heterocycles. The van der Waals surface area contributed by atoms with Crippen molar-refractivity contribution in [1.29, 1.82) is 0 Å². The van der Waals surface area contributed by atoms with Crippen LogP contribution in [0, 0.1) is 5.82 Å². The molecule has 0 saturated carbocycles. The fraction of sp³-hybridized carbons (Fsp3) is 0.167. The molecular weight excluding hydrogens is 259 g/mol. The van der Waals surface area contributed by atoms with E-state index in [-0.39, 0.29) is 10.7 Å². The zero-order chi connectivity index (χ0) is 12.8. The topological polar surface area (TPSA) is 38.0 Å². The van der Waals surface area contributed by atoms with E-state index in [0.29, 0.717) is 5.69 Å². The first-order valence-corrected chi connectivity index (χ1v) is 6.25. The van der Waals surface area contributed by atoms with Crippen molar-refractivity contribution in [3.05, 3.63) is 46.1 Å². The van der Waals surface area contributed by atoms with Gasteiger partial charge in [0.1, 0.15) is 5.82 Å². The van der Waals surface area contributed by atoms with Gasteiger partial charge in [0.2, 0.25) is 0 Å². The Hall–Kier alpha value is -1.13. The lowest BCUT2D eigenvalue weighted by Gasteiger charge is -2.09. The third-order valence-corrected chi connectivity index (χ3v) is 3.36. The van der Waals surface area contributed by atoms with Gasteiger partial charge in [-0.3, -0.25) is 0 Å². The van der Waals surface area contributed by atoms with E-state index in [9.17, 15) is 4.39 Å². The number of nitrogen functional groups attached to an aromatic ring is 1. The molecule has 0 spiro atoms. The van der Waals surface area contributed by atoms with Gasteiger partial charge in [-0.2, -0.15) is 0 Å². The van der Waals surface area contributed by atoms with Crippen LogP contribution in [0.1, 0.15) is 13.8 Å². The van der Waals surface area contributed by atoms with Crippen LogP contribution >= 0.6 is 23.5 Å². The molecule has 0 aromatic heterocycles. The van der Waals surface area contributed by atoms with E-state index in [1.54, 1.807) is 6.07 Å². The maximum atomic E-state index is 13.1. The molecule has 0 amide bonds. The summed E-state index contributed by atoms with van der Waals surface area (Å²) in [6.07, 6.45) is 5.85. The maximum Gasteiger partial charge on any atom is 0.147 e. The van der Waals surface area contributed by atoms with Crippen molar-refractivity contribution in [1.82, 2.24) is 0 Å². The average Bonchev–Trinajstić information content (AvgIpc) is 2.33. The minimum atomic E-state index is -0.509. The summed E-state index contributed by atoms with van der Waals surface area (Å²) in [7, 11) is 0. The standard InChI is InChI=1S/C12H14ClFN2S/c1-3-5-8(4-2)17-16-10-7-6-9(14)12(15)11(10)13/h3-7,16H,15H2,1-2H3/b5-3-,8-4+. The Bertz CT molecular complexity index is 458. The van der Waals surface area contributed by atoms with Gasteiger partial charge in [0.25, 0.3) is 0 Å². The van der Waals surface area contributed by atoms with Crippen LogP contribution in [0.4, 0.5) is 15.8 Å². The molecular formula is C12H14ClFN2S. The molecule has 0 aliphatic rings. The third-order valence-electron chi connectivity index (χ3n) is 2.02. The van der Waals surface area contributed by atoms with Crippen molar-refractivity contribution in [3.63, 3.8) is 0 Å². The van der Waals surface area contributed by atoms with E-state index >= 15 is 0 Å². The third kappa shape index (κ3) is 3.68. The highest BCUT2D eigenvalue weighted by atomic mass is 35.5. The SMILES string of the molecule is C/C=C\C(=C/C)SNc1ccc(F)c(N)c1Cl. The Morgan fingerprint density at radius 3 is 2.76 bits per heavy atom. The summed E-state index contributed by atoms with van der Waals surface area (Å²) in [6.45, 7) is 3.87. The van der Waals surface area contributed by atoms with E-state index in [0.717, 1.165) is 4.91 Å². The summed E-state index contributed by atoms with van der Waals surface area (Å²) >= 11 is 7.31. The van der Waals surface area contributed by atoms with Crippen LogP contribution in [0.2, 0.25) is 5.02 Å². The number of hydrogen-bond donors (Lipinski definition) is 2. The lowest BCUT2D eigenvalue weighted by Crippen LogP contribution is -1.96. The number of benzene rings is 1. The Morgan fingerprint density at radius 1 is 1.47 bits per heavy atom. The molecule has 0 atom stereocenters. The zero-order valence-electron chi connectivity index (χ0n) is 9.63. The largest absolute Gasteiger partial charge is 0.395 e. The molecule has 1 aromatic rings. The molecule has 17 heavy (non-hydrogen) atoms. The molecule has 0 heterocycles. The summed E-state index contributed by atoms with van der Waals surface area (Å²) in [5.74, 6) is -0.509. The van der Waals surface area contributed by atoms with Crippen molar-refractivity contribution in [2.24, 2.45) is 0 Å². The van der Waals surface area contributed by atoms with Gasteiger partial charge >= 0.3 is 0 Å². The second-order valence-electron chi connectivity index (χ2n) is 3.22. The Labute approximate surface area is 110 Å². The van der Waals surface area contributed by atoms with Gasteiger partial charge in [0.15, 0.2) is 0 Å². The number of nitrogens with one attached hydrogen (secondary N) is 1. The Balaban J connectivity index is 2.80. The van der Waals surface area contributed by atoms with E-state index < -0.39 is 5.82 Å². The summed E-state index contributed by atoms with van der Waals surface area (Å²) in [5, 5.41) is 0.202. The minimum absolute atomic E-state index is 0.0367. The van der Waals surface area contributed by atoms with Crippen LogP contribution in [0.5, 0.6) is 0 Å². The molecule has 2 nitrogen and oxygen atoms in total. The molecule has 3 N–H and O–H groups in total. The van der Waals surface area contributed by atoms with Gasteiger partial charge in [-0.25, -0.2) is 4.39 Å².